The standard InChI is InChI=1S/C12H15N3OS/c1-17-9-2-3-14-11(15-9)12(10(13)16)5-7-4-8(7)6-12/h2-3,7-8H,4-6H2,1H3,(H2,13,16). The lowest BCUT2D eigenvalue weighted by Crippen LogP contribution is -2.41. The number of fused-ring (bicyclic) bond motifs is 1. The molecule has 2 fully saturated rings. The number of amides is 1. The lowest BCUT2D eigenvalue weighted by molar-refractivity contribution is -0.124. The molecule has 2 aliphatic rings. The average Bonchev–Trinajstić information content (AvgIpc) is 2.96. The maximum atomic E-state index is 11.8. The van der Waals surface area contributed by atoms with Gasteiger partial charge in [-0.05, 0) is 43.4 Å². The third kappa shape index (κ3) is 1.64. The first kappa shape index (κ1) is 11.0. The molecule has 2 atom stereocenters. The van der Waals surface area contributed by atoms with Gasteiger partial charge in [-0.1, -0.05) is 0 Å². The van der Waals surface area contributed by atoms with Crippen LogP contribution in [0.1, 0.15) is 25.1 Å². The molecule has 1 amide bonds. The number of nitrogens with zero attached hydrogens (tertiary/aromatic N) is 2. The van der Waals surface area contributed by atoms with Crippen molar-refractivity contribution in [1.82, 2.24) is 9.97 Å². The van der Waals surface area contributed by atoms with Crippen LogP contribution in [0.5, 0.6) is 0 Å². The Kier molecular flexibility index (Phi) is 2.40. The Hall–Kier alpha value is -1.10. The summed E-state index contributed by atoms with van der Waals surface area (Å²) in [6.45, 7) is 0. The van der Waals surface area contributed by atoms with Crippen molar-refractivity contribution in [3.8, 4) is 0 Å². The number of carbonyl (C=O) groups is 1. The van der Waals surface area contributed by atoms with Gasteiger partial charge in [0.25, 0.3) is 0 Å². The van der Waals surface area contributed by atoms with Crippen LogP contribution in [0, 0.1) is 11.8 Å². The first-order chi connectivity index (χ1) is 8.15. The number of rotatable bonds is 3. The summed E-state index contributed by atoms with van der Waals surface area (Å²) in [5, 5.41) is 0.899. The SMILES string of the molecule is CSc1ccnc(C2(C(N)=O)CC3CC3C2)n1. The minimum absolute atomic E-state index is 0.261. The largest absolute Gasteiger partial charge is 0.369 e. The molecule has 2 unspecified atom stereocenters. The van der Waals surface area contributed by atoms with Crippen molar-refractivity contribution in [2.75, 3.05) is 6.26 Å². The van der Waals surface area contributed by atoms with E-state index in [1.54, 1.807) is 18.0 Å². The second-order valence-corrected chi connectivity index (χ2v) is 5.86. The molecule has 0 aromatic carbocycles. The predicted octanol–water partition coefficient (Wildman–Crippen LogP) is 1.35. The molecule has 0 bridgehead atoms. The fourth-order valence-electron chi connectivity index (χ4n) is 2.97. The first-order valence-corrected chi connectivity index (χ1v) is 7.05. The smallest absolute Gasteiger partial charge is 0.231 e. The molecule has 2 saturated carbocycles. The monoisotopic (exact) mass is 249 g/mol. The third-order valence-corrected chi connectivity index (χ3v) is 4.67. The Balaban J connectivity index is 2.01. The normalized spacial score (nSPS) is 34.4. The highest BCUT2D eigenvalue weighted by atomic mass is 32.2. The zero-order valence-corrected chi connectivity index (χ0v) is 10.5. The van der Waals surface area contributed by atoms with E-state index in [1.807, 2.05) is 12.3 Å². The maximum Gasteiger partial charge on any atom is 0.231 e. The van der Waals surface area contributed by atoms with Crippen molar-refractivity contribution < 1.29 is 4.79 Å². The Labute approximate surface area is 104 Å². The average molecular weight is 249 g/mol. The van der Waals surface area contributed by atoms with Crippen molar-refractivity contribution in [3.05, 3.63) is 18.1 Å². The lowest BCUT2D eigenvalue weighted by Gasteiger charge is -2.25. The zero-order chi connectivity index (χ0) is 12.0. The molecule has 1 aromatic heterocycles. The van der Waals surface area contributed by atoms with Crippen molar-refractivity contribution in [2.45, 2.75) is 29.7 Å². The number of aromatic nitrogens is 2. The van der Waals surface area contributed by atoms with Gasteiger partial charge in [0.1, 0.15) is 11.2 Å². The second-order valence-electron chi connectivity index (χ2n) is 5.03. The molecule has 90 valence electrons. The number of nitrogens with two attached hydrogens (primary N) is 1. The Bertz CT molecular complexity index is 467. The summed E-state index contributed by atoms with van der Waals surface area (Å²) in [6.07, 6.45) is 6.62. The maximum absolute atomic E-state index is 11.8. The van der Waals surface area contributed by atoms with E-state index in [9.17, 15) is 4.79 Å². The van der Waals surface area contributed by atoms with Crippen LogP contribution in [-0.2, 0) is 10.2 Å². The van der Waals surface area contributed by atoms with Gasteiger partial charge in [-0.3, -0.25) is 4.79 Å². The van der Waals surface area contributed by atoms with Gasteiger partial charge in [0.2, 0.25) is 5.91 Å². The quantitative estimate of drug-likeness (QED) is 0.648. The fourth-order valence-corrected chi connectivity index (χ4v) is 3.34. The van der Waals surface area contributed by atoms with E-state index in [-0.39, 0.29) is 5.91 Å². The van der Waals surface area contributed by atoms with Crippen LogP contribution in [-0.4, -0.2) is 22.1 Å². The number of hydrogen-bond acceptors (Lipinski definition) is 4. The predicted molar refractivity (Wildman–Crippen MR) is 65.5 cm³/mol. The molecule has 1 heterocycles. The van der Waals surface area contributed by atoms with Crippen molar-refractivity contribution >= 4 is 17.7 Å². The van der Waals surface area contributed by atoms with E-state index >= 15 is 0 Å². The van der Waals surface area contributed by atoms with Gasteiger partial charge in [-0.2, -0.15) is 0 Å². The number of hydrogen-bond donors (Lipinski definition) is 1. The van der Waals surface area contributed by atoms with Crippen LogP contribution >= 0.6 is 11.8 Å². The van der Waals surface area contributed by atoms with Gasteiger partial charge in [0, 0.05) is 6.20 Å². The van der Waals surface area contributed by atoms with E-state index in [0.29, 0.717) is 17.7 Å². The Morgan fingerprint density at radius 1 is 1.53 bits per heavy atom. The molecule has 0 spiro atoms. The van der Waals surface area contributed by atoms with Crippen molar-refractivity contribution in [3.63, 3.8) is 0 Å². The minimum atomic E-state index is -0.598. The molecule has 0 radical (unpaired) electrons. The zero-order valence-electron chi connectivity index (χ0n) is 9.72. The summed E-state index contributed by atoms with van der Waals surface area (Å²) in [5.41, 5.74) is 5.02. The van der Waals surface area contributed by atoms with E-state index in [1.165, 1.54) is 6.42 Å². The molecule has 0 saturated heterocycles. The topological polar surface area (TPSA) is 68.9 Å². The third-order valence-electron chi connectivity index (χ3n) is 4.03. The summed E-state index contributed by atoms with van der Waals surface area (Å²) in [5.74, 6) is 1.71. The Morgan fingerprint density at radius 2 is 2.24 bits per heavy atom. The molecule has 1 aromatic rings. The van der Waals surface area contributed by atoms with Crippen molar-refractivity contribution in [2.24, 2.45) is 17.6 Å². The van der Waals surface area contributed by atoms with Crippen LogP contribution in [0.15, 0.2) is 17.3 Å². The molecule has 2 aliphatic carbocycles. The highest BCUT2D eigenvalue weighted by molar-refractivity contribution is 7.98. The lowest BCUT2D eigenvalue weighted by atomic mass is 9.81. The van der Waals surface area contributed by atoms with Crippen LogP contribution in [0.4, 0.5) is 0 Å². The van der Waals surface area contributed by atoms with Gasteiger partial charge in [0.05, 0.1) is 5.03 Å². The molecular weight excluding hydrogens is 234 g/mol. The molecule has 5 heteroatoms. The summed E-state index contributed by atoms with van der Waals surface area (Å²) in [7, 11) is 0. The molecule has 2 N–H and O–H groups in total. The van der Waals surface area contributed by atoms with E-state index < -0.39 is 5.41 Å². The van der Waals surface area contributed by atoms with Gasteiger partial charge in [0.15, 0.2) is 0 Å². The highest BCUT2D eigenvalue weighted by Crippen LogP contribution is 2.59. The summed E-state index contributed by atoms with van der Waals surface area (Å²) >= 11 is 1.56. The van der Waals surface area contributed by atoms with Crippen molar-refractivity contribution in [1.29, 1.82) is 0 Å². The molecule has 0 aliphatic heterocycles. The van der Waals surface area contributed by atoms with Gasteiger partial charge < -0.3 is 5.73 Å². The van der Waals surface area contributed by atoms with Gasteiger partial charge in [-0.15, -0.1) is 11.8 Å². The summed E-state index contributed by atoms with van der Waals surface area (Å²) < 4.78 is 0. The van der Waals surface area contributed by atoms with Crippen LogP contribution in [0.25, 0.3) is 0 Å². The van der Waals surface area contributed by atoms with E-state index in [2.05, 4.69) is 9.97 Å². The first-order valence-electron chi connectivity index (χ1n) is 5.83. The highest BCUT2D eigenvalue weighted by Gasteiger charge is 2.59. The number of primary amides is 1. The van der Waals surface area contributed by atoms with E-state index in [0.717, 1.165) is 17.9 Å². The molecule has 3 rings (SSSR count). The number of thioether (sulfide) groups is 1. The van der Waals surface area contributed by atoms with Crippen LogP contribution in [0.2, 0.25) is 0 Å². The molecule has 4 nitrogen and oxygen atoms in total. The van der Waals surface area contributed by atoms with E-state index in [4.69, 9.17) is 5.73 Å². The number of carbonyl (C=O) groups excluding carboxylic acids is 1. The second kappa shape index (κ2) is 3.70. The summed E-state index contributed by atoms with van der Waals surface area (Å²) in [6, 6.07) is 1.86. The van der Waals surface area contributed by atoms with Gasteiger partial charge >= 0.3 is 0 Å². The van der Waals surface area contributed by atoms with Crippen LogP contribution < -0.4 is 5.73 Å². The fraction of sp³-hybridized carbons (Fsp3) is 0.583. The van der Waals surface area contributed by atoms with Crippen LogP contribution in [0.3, 0.4) is 0 Å². The van der Waals surface area contributed by atoms with Gasteiger partial charge in [-0.25, -0.2) is 9.97 Å². The minimum Gasteiger partial charge on any atom is -0.369 e. The molecule has 17 heavy (non-hydrogen) atoms. The Morgan fingerprint density at radius 3 is 2.82 bits per heavy atom. The summed E-state index contributed by atoms with van der Waals surface area (Å²) in [4.78, 5) is 20.6. The molecular formula is C12H15N3OS.